The van der Waals surface area contributed by atoms with E-state index in [-0.39, 0.29) is 6.54 Å². The summed E-state index contributed by atoms with van der Waals surface area (Å²) in [4.78, 5) is 21.9. The van der Waals surface area contributed by atoms with Gasteiger partial charge in [-0.15, -0.1) is 0 Å². The lowest BCUT2D eigenvalue weighted by atomic mass is 10.4. The number of carbonyl (C=O) groups is 2. The first-order chi connectivity index (χ1) is 5.26. The Hall–Kier alpha value is -0.940. The molecule has 11 heavy (non-hydrogen) atoms. The Morgan fingerprint density at radius 1 is 1.64 bits per heavy atom. The molecule has 0 radical (unpaired) electrons. The van der Waals surface area contributed by atoms with Crippen LogP contribution in [0.4, 0.5) is 0 Å². The summed E-state index contributed by atoms with van der Waals surface area (Å²) in [6.45, 7) is 0.0160. The number of amides is 1. The summed E-state index contributed by atoms with van der Waals surface area (Å²) in [6.07, 6.45) is 0.600. The Balaban J connectivity index is 3.86. The van der Waals surface area contributed by atoms with Crippen LogP contribution >= 0.6 is 0 Å². The summed E-state index contributed by atoms with van der Waals surface area (Å²) in [5.41, 5.74) is 5.16. The van der Waals surface area contributed by atoms with Crippen LogP contribution in [0, 0.1) is 0 Å². The summed E-state index contributed by atoms with van der Waals surface area (Å²) in [7, 11) is 0. The molecule has 1 amide bonds. The summed E-state index contributed by atoms with van der Waals surface area (Å²) < 4.78 is 0. The van der Waals surface area contributed by atoms with E-state index in [2.05, 4.69) is 0 Å². The molecule has 0 rings (SSSR count). The zero-order chi connectivity index (χ0) is 8.69. The first kappa shape index (κ1) is 10.1. The molecule has 0 heterocycles. The Kier molecular flexibility index (Phi) is 5.32. The highest BCUT2D eigenvalue weighted by Gasteiger charge is 2.09. The maximum atomic E-state index is 10.8. The third kappa shape index (κ3) is 3.69. The molecule has 0 aliphatic carbocycles. The second kappa shape index (κ2) is 5.82. The van der Waals surface area contributed by atoms with E-state index < -0.39 is 12.5 Å². The van der Waals surface area contributed by atoms with Crippen molar-refractivity contribution in [3.05, 3.63) is 0 Å². The highest BCUT2D eigenvalue weighted by atomic mass is 16.3. The molecule has 0 saturated heterocycles. The molecule has 0 atom stereocenters. The van der Waals surface area contributed by atoms with Crippen molar-refractivity contribution in [2.24, 2.45) is 5.73 Å². The quantitative estimate of drug-likeness (QED) is 0.454. The highest BCUT2D eigenvalue weighted by Crippen LogP contribution is 1.85. The minimum atomic E-state index is -0.576. The number of carbonyl (C=O) groups excluding carboxylic acids is 2. The van der Waals surface area contributed by atoms with Crippen molar-refractivity contribution < 1.29 is 14.7 Å². The third-order valence-corrected chi connectivity index (χ3v) is 1.18. The van der Waals surface area contributed by atoms with Gasteiger partial charge in [-0.3, -0.25) is 4.79 Å². The monoisotopic (exact) mass is 160 g/mol. The van der Waals surface area contributed by atoms with E-state index in [0.29, 0.717) is 19.4 Å². The maximum Gasteiger partial charge on any atom is 0.248 e. The number of aliphatic hydroxyl groups is 1. The molecule has 0 spiro atoms. The average molecular weight is 160 g/mol. The smallest absolute Gasteiger partial charge is 0.248 e. The van der Waals surface area contributed by atoms with E-state index in [1.165, 1.54) is 4.90 Å². The predicted molar refractivity (Wildman–Crippen MR) is 38.8 cm³/mol. The summed E-state index contributed by atoms with van der Waals surface area (Å²) in [5, 5.41) is 8.41. The van der Waals surface area contributed by atoms with Crippen molar-refractivity contribution in [2.75, 3.05) is 26.2 Å². The number of aldehydes is 1. The van der Waals surface area contributed by atoms with Crippen LogP contribution in [-0.4, -0.2) is 48.4 Å². The molecule has 0 saturated carbocycles. The van der Waals surface area contributed by atoms with Crippen LogP contribution in [0.25, 0.3) is 0 Å². The van der Waals surface area contributed by atoms with Gasteiger partial charge in [-0.25, -0.2) is 0 Å². The lowest BCUT2D eigenvalue weighted by Gasteiger charge is -2.17. The first-order valence-corrected chi connectivity index (χ1v) is 3.28. The number of nitrogens with zero attached hydrogens (tertiary/aromatic N) is 1. The molecular formula is C6H12N2O3. The largest absolute Gasteiger partial charge is 0.387 e. The summed E-state index contributed by atoms with van der Waals surface area (Å²) in [6, 6.07) is 0. The van der Waals surface area contributed by atoms with Gasteiger partial charge >= 0.3 is 0 Å². The minimum Gasteiger partial charge on any atom is -0.387 e. The van der Waals surface area contributed by atoms with Crippen molar-refractivity contribution in [3.63, 3.8) is 0 Å². The van der Waals surface area contributed by atoms with Crippen LogP contribution in [0.15, 0.2) is 0 Å². The van der Waals surface area contributed by atoms with Crippen LogP contribution in [0.5, 0.6) is 0 Å². The number of hydrogen-bond acceptors (Lipinski definition) is 4. The van der Waals surface area contributed by atoms with E-state index in [1.54, 1.807) is 0 Å². The fourth-order valence-electron chi connectivity index (χ4n) is 0.664. The van der Waals surface area contributed by atoms with Crippen LogP contribution in [-0.2, 0) is 9.59 Å². The molecule has 0 aliphatic rings. The molecule has 3 N–H and O–H groups in total. The number of nitrogens with two attached hydrogens (primary N) is 1. The van der Waals surface area contributed by atoms with Crippen molar-refractivity contribution in [1.82, 2.24) is 4.90 Å². The lowest BCUT2D eigenvalue weighted by molar-refractivity contribution is -0.135. The standard InChI is InChI=1S/C6H12N2O3/c7-1-2-8(3-4-9)6(11)5-10/h4,10H,1-3,5,7H2. The topological polar surface area (TPSA) is 83.6 Å². The first-order valence-electron chi connectivity index (χ1n) is 3.28. The van der Waals surface area contributed by atoms with Crippen LogP contribution in [0.3, 0.4) is 0 Å². The fourth-order valence-corrected chi connectivity index (χ4v) is 0.664. The number of hydrogen-bond donors (Lipinski definition) is 2. The van der Waals surface area contributed by atoms with Gasteiger partial charge in [-0.2, -0.15) is 0 Å². The average Bonchev–Trinajstić information content (AvgIpc) is 2.03. The third-order valence-electron chi connectivity index (χ3n) is 1.18. The Morgan fingerprint density at radius 3 is 2.64 bits per heavy atom. The summed E-state index contributed by atoms with van der Waals surface area (Å²) in [5.74, 6) is -0.470. The minimum absolute atomic E-state index is 0.00338. The van der Waals surface area contributed by atoms with E-state index in [0.717, 1.165) is 0 Å². The predicted octanol–water partition coefficient (Wildman–Crippen LogP) is -2.04. The van der Waals surface area contributed by atoms with Gasteiger partial charge in [0.25, 0.3) is 0 Å². The van der Waals surface area contributed by atoms with Crippen LogP contribution in [0.1, 0.15) is 0 Å². The second-order valence-corrected chi connectivity index (χ2v) is 1.95. The van der Waals surface area contributed by atoms with Crippen molar-refractivity contribution in [1.29, 1.82) is 0 Å². The van der Waals surface area contributed by atoms with E-state index in [1.807, 2.05) is 0 Å². The highest BCUT2D eigenvalue weighted by molar-refractivity contribution is 5.79. The van der Waals surface area contributed by atoms with Gasteiger partial charge in [0.1, 0.15) is 12.9 Å². The van der Waals surface area contributed by atoms with Gasteiger partial charge < -0.3 is 20.5 Å². The number of aliphatic hydroxyl groups excluding tert-OH is 1. The zero-order valence-electron chi connectivity index (χ0n) is 6.19. The normalized spacial score (nSPS) is 9.27. The molecular weight excluding hydrogens is 148 g/mol. The Labute approximate surface area is 64.8 Å². The van der Waals surface area contributed by atoms with Gasteiger partial charge in [0.15, 0.2) is 0 Å². The SMILES string of the molecule is NCCN(CC=O)C(=O)CO. The van der Waals surface area contributed by atoms with E-state index in [4.69, 9.17) is 10.8 Å². The Bertz CT molecular complexity index is 138. The van der Waals surface area contributed by atoms with Gasteiger partial charge in [-0.05, 0) is 0 Å². The van der Waals surface area contributed by atoms with Crippen LogP contribution < -0.4 is 5.73 Å². The lowest BCUT2D eigenvalue weighted by Crippen LogP contribution is -2.38. The maximum absolute atomic E-state index is 10.8. The molecule has 0 fully saturated rings. The molecule has 0 bridgehead atoms. The van der Waals surface area contributed by atoms with E-state index >= 15 is 0 Å². The van der Waals surface area contributed by atoms with Gasteiger partial charge in [0.2, 0.25) is 5.91 Å². The molecule has 0 aromatic rings. The van der Waals surface area contributed by atoms with Crippen molar-refractivity contribution >= 4 is 12.2 Å². The number of rotatable bonds is 5. The van der Waals surface area contributed by atoms with Crippen molar-refractivity contribution in [3.8, 4) is 0 Å². The van der Waals surface area contributed by atoms with E-state index in [9.17, 15) is 9.59 Å². The Morgan fingerprint density at radius 2 is 2.27 bits per heavy atom. The molecule has 5 nitrogen and oxygen atoms in total. The molecule has 0 aromatic heterocycles. The van der Waals surface area contributed by atoms with Gasteiger partial charge in [0.05, 0.1) is 6.54 Å². The van der Waals surface area contributed by atoms with Crippen LogP contribution in [0.2, 0.25) is 0 Å². The molecule has 5 heteroatoms. The molecule has 0 unspecified atom stereocenters. The fraction of sp³-hybridized carbons (Fsp3) is 0.667. The second-order valence-electron chi connectivity index (χ2n) is 1.95. The summed E-state index contributed by atoms with van der Waals surface area (Å²) >= 11 is 0. The van der Waals surface area contributed by atoms with Crippen molar-refractivity contribution in [2.45, 2.75) is 0 Å². The molecule has 0 aromatic carbocycles. The zero-order valence-corrected chi connectivity index (χ0v) is 6.19. The van der Waals surface area contributed by atoms with Gasteiger partial charge in [0, 0.05) is 13.1 Å². The molecule has 0 aliphatic heterocycles. The molecule has 64 valence electrons. The van der Waals surface area contributed by atoms with Gasteiger partial charge in [-0.1, -0.05) is 0 Å².